The summed E-state index contributed by atoms with van der Waals surface area (Å²) >= 11 is 0. The Morgan fingerprint density at radius 2 is 1.19 bits per heavy atom. The number of carbonyl (C=O) groups is 2. The van der Waals surface area contributed by atoms with Gasteiger partial charge in [-0.2, -0.15) is 0 Å². The third-order valence-electron chi connectivity index (χ3n) is 5.35. The first-order valence-electron chi connectivity index (χ1n) is 10.1. The van der Waals surface area contributed by atoms with Gasteiger partial charge in [-0.15, -0.1) is 0 Å². The number of benzene rings is 4. The number of hydrogen-bond acceptors (Lipinski definition) is 3. The number of hydrogen-bond donors (Lipinski definition) is 0. The minimum absolute atomic E-state index is 0.0676. The van der Waals surface area contributed by atoms with E-state index in [9.17, 15) is 9.59 Å². The predicted molar refractivity (Wildman–Crippen MR) is 120 cm³/mol. The van der Waals surface area contributed by atoms with E-state index in [1.54, 1.807) is 41.3 Å². The Balaban J connectivity index is 1.47. The average Bonchev–Trinajstić information content (AvgIpc) is 3.00. The Labute approximate surface area is 180 Å². The van der Waals surface area contributed by atoms with E-state index in [1.807, 2.05) is 66.7 Å². The lowest BCUT2D eigenvalue weighted by Gasteiger charge is -2.22. The number of ketones is 1. The molecule has 1 heterocycles. The van der Waals surface area contributed by atoms with Crippen LogP contribution in [-0.4, -0.2) is 11.7 Å². The predicted octanol–water partition coefficient (Wildman–Crippen LogP) is 5.87. The molecule has 1 aliphatic rings. The highest BCUT2D eigenvalue weighted by Crippen LogP contribution is 2.39. The molecule has 0 bridgehead atoms. The van der Waals surface area contributed by atoms with Crippen LogP contribution in [0.1, 0.15) is 31.8 Å². The maximum Gasteiger partial charge on any atom is 0.258 e. The van der Waals surface area contributed by atoms with Gasteiger partial charge < -0.3 is 9.64 Å². The standard InChI is InChI=1S/C27H19NO3/c29-26(19-8-2-1-3-9-19)20-14-16-21(17-15-20)27(30)28-18-22-10-4-6-12-24(22)31-25-13-7-5-11-23(25)28/h1-17H,18H2. The highest BCUT2D eigenvalue weighted by molar-refractivity contribution is 6.10. The highest BCUT2D eigenvalue weighted by atomic mass is 16.5. The smallest absolute Gasteiger partial charge is 0.258 e. The Hall–Kier alpha value is -4.18. The summed E-state index contributed by atoms with van der Waals surface area (Å²) in [6, 6.07) is 31.2. The number of carbonyl (C=O) groups excluding carboxylic acids is 2. The molecule has 1 amide bonds. The SMILES string of the molecule is O=C(c1ccccc1)c1ccc(C(=O)N2Cc3ccccc3Oc3ccccc32)cc1. The molecule has 0 unspecified atom stereocenters. The van der Waals surface area contributed by atoms with Crippen molar-refractivity contribution in [2.75, 3.05) is 4.90 Å². The second kappa shape index (κ2) is 7.92. The van der Waals surface area contributed by atoms with E-state index in [0.29, 0.717) is 34.7 Å². The first-order valence-corrected chi connectivity index (χ1v) is 10.1. The normalized spacial score (nSPS) is 12.2. The molecule has 4 aromatic carbocycles. The Kier molecular flexibility index (Phi) is 4.81. The molecule has 0 saturated carbocycles. The van der Waals surface area contributed by atoms with Crippen molar-refractivity contribution >= 4 is 17.4 Å². The molecule has 0 radical (unpaired) electrons. The summed E-state index contributed by atoms with van der Waals surface area (Å²) in [7, 11) is 0. The lowest BCUT2D eigenvalue weighted by Crippen LogP contribution is -2.29. The van der Waals surface area contributed by atoms with Gasteiger partial charge in [0.15, 0.2) is 11.5 Å². The average molecular weight is 405 g/mol. The summed E-state index contributed by atoms with van der Waals surface area (Å²) < 4.78 is 6.08. The van der Waals surface area contributed by atoms with Crippen molar-refractivity contribution in [3.63, 3.8) is 0 Å². The molecule has 4 aromatic rings. The van der Waals surface area contributed by atoms with Crippen molar-refractivity contribution in [3.05, 3.63) is 125 Å². The van der Waals surface area contributed by atoms with Crippen molar-refractivity contribution in [3.8, 4) is 11.5 Å². The van der Waals surface area contributed by atoms with Crippen molar-refractivity contribution < 1.29 is 14.3 Å². The second-order valence-corrected chi connectivity index (χ2v) is 7.34. The summed E-state index contributed by atoms with van der Waals surface area (Å²) in [4.78, 5) is 27.8. The molecule has 4 nitrogen and oxygen atoms in total. The highest BCUT2D eigenvalue weighted by Gasteiger charge is 2.26. The zero-order valence-electron chi connectivity index (χ0n) is 16.7. The van der Waals surface area contributed by atoms with E-state index < -0.39 is 0 Å². The van der Waals surface area contributed by atoms with E-state index in [-0.39, 0.29) is 11.7 Å². The lowest BCUT2D eigenvalue weighted by molar-refractivity contribution is 0.0983. The molecule has 0 atom stereocenters. The molecule has 0 fully saturated rings. The van der Waals surface area contributed by atoms with E-state index in [2.05, 4.69) is 0 Å². The maximum atomic E-state index is 13.5. The molecular formula is C27H19NO3. The van der Waals surface area contributed by atoms with Crippen molar-refractivity contribution in [1.29, 1.82) is 0 Å². The van der Waals surface area contributed by atoms with E-state index in [4.69, 9.17) is 4.74 Å². The van der Waals surface area contributed by atoms with Crippen LogP contribution in [0.2, 0.25) is 0 Å². The molecular weight excluding hydrogens is 386 g/mol. The van der Waals surface area contributed by atoms with Gasteiger partial charge in [-0.3, -0.25) is 9.59 Å². The number of ether oxygens (including phenoxy) is 1. The number of para-hydroxylation sites is 3. The largest absolute Gasteiger partial charge is 0.455 e. The quantitative estimate of drug-likeness (QED) is 0.401. The van der Waals surface area contributed by atoms with Gasteiger partial charge >= 0.3 is 0 Å². The minimum atomic E-state index is -0.147. The van der Waals surface area contributed by atoms with Crippen LogP contribution < -0.4 is 9.64 Å². The number of amides is 1. The van der Waals surface area contributed by atoms with Gasteiger partial charge in [0, 0.05) is 22.3 Å². The van der Waals surface area contributed by atoms with Gasteiger partial charge in [0.25, 0.3) is 5.91 Å². The topological polar surface area (TPSA) is 46.6 Å². The fourth-order valence-electron chi connectivity index (χ4n) is 3.73. The maximum absolute atomic E-state index is 13.5. The number of anilines is 1. The minimum Gasteiger partial charge on any atom is -0.455 e. The molecule has 0 saturated heterocycles. The number of fused-ring (bicyclic) bond motifs is 2. The molecule has 4 heteroatoms. The molecule has 0 aliphatic carbocycles. The van der Waals surface area contributed by atoms with Crippen LogP contribution >= 0.6 is 0 Å². The third-order valence-corrected chi connectivity index (χ3v) is 5.35. The second-order valence-electron chi connectivity index (χ2n) is 7.34. The van der Waals surface area contributed by atoms with Gasteiger partial charge in [0.05, 0.1) is 12.2 Å². The van der Waals surface area contributed by atoms with Crippen molar-refractivity contribution in [1.82, 2.24) is 0 Å². The van der Waals surface area contributed by atoms with Crippen LogP contribution in [0, 0.1) is 0 Å². The van der Waals surface area contributed by atoms with Gasteiger partial charge in [-0.1, -0.05) is 72.8 Å². The molecule has 5 rings (SSSR count). The summed E-state index contributed by atoms with van der Waals surface area (Å²) in [6.45, 7) is 0.400. The van der Waals surface area contributed by atoms with Gasteiger partial charge in [0.2, 0.25) is 0 Å². The zero-order valence-corrected chi connectivity index (χ0v) is 16.7. The van der Waals surface area contributed by atoms with Crippen LogP contribution in [0.4, 0.5) is 5.69 Å². The lowest BCUT2D eigenvalue weighted by atomic mass is 10.0. The van der Waals surface area contributed by atoms with Gasteiger partial charge in [-0.05, 0) is 30.3 Å². The monoisotopic (exact) mass is 405 g/mol. The number of rotatable bonds is 3. The fourth-order valence-corrected chi connectivity index (χ4v) is 3.73. The van der Waals surface area contributed by atoms with Crippen LogP contribution in [0.5, 0.6) is 11.5 Å². The first kappa shape index (κ1) is 18.8. The van der Waals surface area contributed by atoms with Crippen LogP contribution in [0.15, 0.2) is 103 Å². The molecule has 150 valence electrons. The zero-order chi connectivity index (χ0) is 21.2. The Bertz CT molecular complexity index is 1260. The van der Waals surface area contributed by atoms with Crippen LogP contribution in [-0.2, 0) is 6.54 Å². The molecule has 31 heavy (non-hydrogen) atoms. The van der Waals surface area contributed by atoms with Gasteiger partial charge in [0.1, 0.15) is 5.75 Å². The van der Waals surface area contributed by atoms with Crippen LogP contribution in [0.25, 0.3) is 0 Å². The summed E-state index contributed by atoms with van der Waals surface area (Å²) in [5.41, 5.74) is 3.33. The number of nitrogens with zero attached hydrogens (tertiary/aromatic N) is 1. The van der Waals surface area contributed by atoms with Crippen molar-refractivity contribution in [2.45, 2.75) is 6.54 Å². The van der Waals surface area contributed by atoms with E-state index >= 15 is 0 Å². The van der Waals surface area contributed by atoms with Crippen molar-refractivity contribution in [2.24, 2.45) is 0 Å². The van der Waals surface area contributed by atoms with E-state index in [1.165, 1.54) is 0 Å². The molecule has 1 aliphatic heterocycles. The molecule has 0 aromatic heterocycles. The Morgan fingerprint density at radius 3 is 1.97 bits per heavy atom. The third kappa shape index (κ3) is 3.60. The van der Waals surface area contributed by atoms with E-state index in [0.717, 1.165) is 11.3 Å². The fraction of sp³-hybridized carbons (Fsp3) is 0.0370. The van der Waals surface area contributed by atoms with Crippen LogP contribution in [0.3, 0.4) is 0 Å². The molecule has 0 N–H and O–H groups in total. The van der Waals surface area contributed by atoms with Gasteiger partial charge in [-0.25, -0.2) is 0 Å². The Morgan fingerprint density at radius 1 is 0.613 bits per heavy atom. The first-order chi connectivity index (χ1) is 15.2. The summed E-state index contributed by atoms with van der Waals surface area (Å²) in [5, 5.41) is 0. The summed E-state index contributed by atoms with van der Waals surface area (Å²) in [6.07, 6.45) is 0. The molecule has 0 spiro atoms. The summed E-state index contributed by atoms with van der Waals surface area (Å²) in [5.74, 6) is 1.17.